The lowest BCUT2D eigenvalue weighted by atomic mass is 10.1. The summed E-state index contributed by atoms with van der Waals surface area (Å²) in [5.41, 5.74) is 2.19. The minimum absolute atomic E-state index is 0.492. The van der Waals surface area contributed by atoms with E-state index >= 15 is 0 Å². The summed E-state index contributed by atoms with van der Waals surface area (Å²) < 4.78 is 1.21. The molecule has 0 saturated carbocycles. The summed E-state index contributed by atoms with van der Waals surface area (Å²) in [6.07, 6.45) is 1.94. The fraction of sp³-hybridized carbons (Fsp3) is 0.500. The molecule has 2 nitrogen and oxygen atoms in total. The molecule has 0 atom stereocenters. The van der Waals surface area contributed by atoms with Crippen molar-refractivity contribution in [2.75, 3.05) is 0 Å². The van der Waals surface area contributed by atoms with Crippen LogP contribution in [0.25, 0.3) is 10.3 Å². The number of fused-ring (bicyclic) bond motifs is 1. The number of hydrogen-bond donors (Lipinski definition) is 0. The van der Waals surface area contributed by atoms with Gasteiger partial charge in [-0.15, -0.1) is 11.3 Å². The third-order valence-corrected chi connectivity index (χ3v) is 3.74. The molecular formula is C12H16N2S. The van der Waals surface area contributed by atoms with Crippen molar-refractivity contribution < 1.29 is 0 Å². The van der Waals surface area contributed by atoms with Gasteiger partial charge in [-0.05, 0) is 17.5 Å². The summed E-state index contributed by atoms with van der Waals surface area (Å²) in [5, 5.41) is 1.18. The van der Waals surface area contributed by atoms with Gasteiger partial charge in [-0.3, -0.25) is 0 Å². The summed E-state index contributed by atoms with van der Waals surface area (Å²) in [7, 11) is 0. The predicted molar refractivity (Wildman–Crippen MR) is 65.6 cm³/mol. The van der Waals surface area contributed by atoms with Crippen LogP contribution in [0.2, 0.25) is 0 Å². The molecule has 2 aromatic rings. The lowest BCUT2D eigenvalue weighted by Crippen LogP contribution is -1.88. The van der Waals surface area contributed by atoms with Crippen molar-refractivity contribution in [2.45, 2.75) is 39.5 Å². The molecule has 15 heavy (non-hydrogen) atoms. The first-order chi connectivity index (χ1) is 7.08. The quantitative estimate of drug-likeness (QED) is 0.766. The van der Waals surface area contributed by atoms with E-state index in [1.54, 1.807) is 11.3 Å². The molecule has 0 aliphatic carbocycles. The summed E-state index contributed by atoms with van der Waals surface area (Å²) in [4.78, 5) is 8.92. The van der Waals surface area contributed by atoms with E-state index in [2.05, 4.69) is 43.7 Å². The molecule has 0 N–H and O–H groups in total. The summed E-state index contributed by atoms with van der Waals surface area (Å²) in [5.74, 6) is 1.03. The Balaban J connectivity index is 2.52. The number of hydrogen-bond acceptors (Lipinski definition) is 3. The highest BCUT2D eigenvalue weighted by Gasteiger charge is 2.09. The zero-order chi connectivity index (χ0) is 11.0. The van der Waals surface area contributed by atoms with Gasteiger partial charge in [-0.1, -0.05) is 27.7 Å². The van der Waals surface area contributed by atoms with E-state index < -0.39 is 0 Å². The van der Waals surface area contributed by atoms with Gasteiger partial charge in [-0.2, -0.15) is 0 Å². The van der Waals surface area contributed by atoms with Crippen LogP contribution in [-0.2, 0) is 0 Å². The van der Waals surface area contributed by atoms with Gasteiger partial charge < -0.3 is 0 Å². The average molecular weight is 220 g/mol. The minimum Gasteiger partial charge on any atom is -0.236 e. The van der Waals surface area contributed by atoms with Crippen LogP contribution in [0.15, 0.2) is 12.3 Å². The molecule has 3 heteroatoms. The van der Waals surface area contributed by atoms with Crippen molar-refractivity contribution in [2.24, 2.45) is 0 Å². The van der Waals surface area contributed by atoms with Crippen LogP contribution in [-0.4, -0.2) is 9.97 Å². The van der Waals surface area contributed by atoms with E-state index in [9.17, 15) is 0 Å². The molecule has 0 aromatic carbocycles. The smallest absolute Gasteiger partial charge is 0.170 e. The van der Waals surface area contributed by atoms with E-state index in [-0.39, 0.29) is 0 Å². The standard InChI is InChI=1S/C12H16N2S/c1-7(2)9-5-10-11(13-6-9)14-12(15-10)8(3)4/h5-8H,1-4H3. The van der Waals surface area contributed by atoms with Crippen molar-refractivity contribution in [3.8, 4) is 0 Å². The summed E-state index contributed by atoms with van der Waals surface area (Å²) >= 11 is 1.76. The molecular weight excluding hydrogens is 204 g/mol. The highest BCUT2D eigenvalue weighted by atomic mass is 32.1. The van der Waals surface area contributed by atoms with Gasteiger partial charge in [0.05, 0.1) is 9.71 Å². The topological polar surface area (TPSA) is 25.8 Å². The van der Waals surface area contributed by atoms with Crippen molar-refractivity contribution in [3.63, 3.8) is 0 Å². The Hall–Kier alpha value is -0.960. The van der Waals surface area contributed by atoms with E-state index in [1.807, 2.05) is 6.20 Å². The van der Waals surface area contributed by atoms with E-state index in [4.69, 9.17) is 0 Å². The minimum atomic E-state index is 0.492. The Morgan fingerprint density at radius 2 is 1.87 bits per heavy atom. The van der Waals surface area contributed by atoms with Gasteiger partial charge in [0, 0.05) is 12.1 Å². The highest BCUT2D eigenvalue weighted by molar-refractivity contribution is 7.18. The molecule has 0 saturated heterocycles. The largest absolute Gasteiger partial charge is 0.236 e. The lowest BCUT2D eigenvalue weighted by molar-refractivity contribution is 0.852. The molecule has 2 heterocycles. The third kappa shape index (κ3) is 2.02. The number of thiazole rings is 1. The Morgan fingerprint density at radius 3 is 2.47 bits per heavy atom. The van der Waals surface area contributed by atoms with Gasteiger partial charge in [0.15, 0.2) is 5.65 Å². The van der Waals surface area contributed by atoms with Crippen LogP contribution < -0.4 is 0 Å². The van der Waals surface area contributed by atoms with Crippen LogP contribution in [0.4, 0.5) is 0 Å². The lowest BCUT2D eigenvalue weighted by Gasteiger charge is -2.02. The first-order valence-corrected chi connectivity index (χ1v) is 6.16. The Kier molecular flexibility index (Phi) is 2.74. The average Bonchev–Trinajstić information content (AvgIpc) is 2.59. The van der Waals surface area contributed by atoms with Gasteiger partial charge >= 0.3 is 0 Å². The normalized spacial score (nSPS) is 11.9. The second-order valence-electron chi connectivity index (χ2n) is 4.45. The summed E-state index contributed by atoms with van der Waals surface area (Å²) in [6.45, 7) is 8.71. The first kappa shape index (κ1) is 10.6. The number of rotatable bonds is 2. The van der Waals surface area contributed by atoms with Crippen molar-refractivity contribution >= 4 is 21.7 Å². The van der Waals surface area contributed by atoms with Crippen molar-refractivity contribution in [3.05, 3.63) is 22.8 Å². The van der Waals surface area contributed by atoms with Gasteiger partial charge in [0.25, 0.3) is 0 Å². The number of aromatic nitrogens is 2. The maximum atomic E-state index is 4.52. The maximum absolute atomic E-state index is 4.52. The highest BCUT2D eigenvalue weighted by Crippen LogP contribution is 2.28. The van der Waals surface area contributed by atoms with Crippen LogP contribution in [0.1, 0.15) is 50.1 Å². The fourth-order valence-corrected chi connectivity index (χ4v) is 2.39. The zero-order valence-corrected chi connectivity index (χ0v) is 10.4. The molecule has 80 valence electrons. The molecule has 2 aromatic heterocycles. The monoisotopic (exact) mass is 220 g/mol. The molecule has 0 radical (unpaired) electrons. The SMILES string of the molecule is CC(C)c1cnc2nc(C(C)C)sc2c1. The van der Waals surface area contributed by atoms with E-state index in [0.29, 0.717) is 11.8 Å². The Bertz CT molecular complexity index is 465. The second-order valence-corrected chi connectivity index (χ2v) is 5.51. The molecule has 0 fully saturated rings. The molecule has 0 spiro atoms. The Morgan fingerprint density at radius 1 is 1.13 bits per heavy atom. The zero-order valence-electron chi connectivity index (χ0n) is 9.61. The van der Waals surface area contributed by atoms with Crippen LogP contribution in [0.5, 0.6) is 0 Å². The number of pyridine rings is 1. The maximum Gasteiger partial charge on any atom is 0.170 e. The van der Waals surface area contributed by atoms with Crippen molar-refractivity contribution in [1.29, 1.82) is 0 Å². The first-order valence-electron chi connectivity index (χ1n) is 5.34. The fourth-order valence-electron chi connectivity index (χ4n) is 1.41. The predicted octanol–water partition coefficient (Wildman–Crippen LogP) is 3.94. The number of nitrogens with zero attached hydrogens (tertiary/aromatic N) is 2. The molecule has 0 aliphatic rings. The molecule has 0 bridgehead atoms. The molecule has 0 unspecified atom stereocenters. The molecule has 0 amide bonds. The van der Waals surface area contributed by atoms with Crippen molar-refractivity contribution in [1.82, 2.24) is 9.97 Å². The third-order valence-electron chi connectivity index (χ3n) is 2.45. The molecule has 0 aliphatic heterocycles. The second kappa shape index (κ2) is 3.89. The van der Waals surface area contributed by atoms with E-state index in [1.165, 1.54) is 15.3 Å². The van der Waals surface area contributed by atoms with Crippen LogP contribution in [0.3, 0.4) is 0 Å². The Labute approximate surface area is 94.4 Å². The molecule has 2 rings (SSSR count). The van der Waals surface area contributed by atoms with Crippen LogP contribution in [0, 0.1) is 0 Å². The van der Waals surface area contributed by atoms with Gasteiger partial charge in [-0.25, -0.2) is 9.97 Å². The van der Waals surface area contributed by atoms with E-state index in [0.717, 1.165) is 5.65 Å². The van der Waals surface area contributed by atoms with Gasteiger partial charge in [0.2, 0.25) is 0 Å². The summed E-state index contributed by atoms with van der Waals surface area (Å²) in [6, 6.07) is 2.22. The van der Waals surface area contributed by atoms with Crippen LogP contribution >= 0.6 is 11.3 Å². The van der Waals surface area contributed by atoms with Gasteiger partial charge in [0.1, 0.15) is 0 Å².